The highest BCUT2D eigenvalue weighted by molar-refractivity contribution is 7.90. The van der Waals surface area contributed by atoms with Gasteiger partial charge in [0.05, 0.1) is 12.3 Å². The van der Waals surface area contributed by atoms with Crippen LogP contribution in [0.3, 0.4) is 0 Å². The molecule has 1 atom stereocenters. The molecule has 7 heteroatoms. The third kappa shape index (κ3) is 2.75. The van der Waals surface area contributed by atoms with E-state index in [0.717, 1.165) is 48.8 Å². The normalized spacial score (nSPS) is 22.4. The summed E-state index contributed by atoms with van der Waals surface area (Å²) in [5.41, 5.74) is 2.80. The molecule has 1 unspecified atom stereocenters. The third-order valence-corrected chi connectivity index (χ3v) is 5.60. The van der Waals surface area contributed by atoms with Gasteiger partial charge < -0.3 is 5.32 Å². The summed E-state index contributed by atoms with van der Waals surface area (Å²) in [5, 5.41) is 3.26. The Hall–Kier alpha value is -1.47. The zero-order chi connectivity index (χ0) is 15.9. The van der Waals surface area contributed by atoms with Gasteiger partial charge in [0.15, 0.2) is 5.11 Å². The number of hydrogen-bond acceptors (Lipinski definition) is 3. The first-order valence-corrected chi connectivity index (χ1v) is 9.41. The molecule has 1 aliphatic heterocycles. The van der Waals surface area contributed by atoms with E-state index in [4.69, 9.17) is 12.2 Å². The molecule has 4 nitrogen and oxygen atoms in total. The molecule has 22 heavy (non-hydrogen) atoms. The Labute approximate surface area is 135 Å². The van der Waals surface area contributed by atoms with Gasteiger partial charge in [-0.2, -0.15) is 0 Å². The van der Waals surface area contributed by atoms with Gasteiger partial charge in [-0.05, 0) is 61.2 Å². The molecule has 1 aliphatic carbocycles. The molecular weight excluding hydrogens is 323 g/mol. The van der Waals surface area contributed by atoms with Crippen molar-refractivity contribution >= 4 is 27.4 Å². The van der Waals surface area contributed by atoms with Crippen LogP contribution in [0.15, 0.2) is 35.5 Å². The van der Waals surface area contributed by atoms with E-state index in [9.17, 15) is 12.8 Å². The van der Waals surface area contributed by atoms with E-state index in [2.05, 4.69) is 5.32 Å². The molecule has 0 spiro atoms. The second kappa shape index (κ2) is 5.62. The van der Waals surface area contributed by atoms with Gasteiger partial charge in [0.1, 0.15) is 5.82 Å². The fourth-order valence-corrected chi connectivity index (χ4v) is 4.75. The molecule has 0 radical (unpaired) electrons. The lowest BCUT2D eigenvalue weighted by atomic mass is 9.86. The molecule has 0 aromatic heterocycles. The highest BCUT2D eigenvalue weighted by Gasteiger charge is 2.39. The Balaban J connectivity index is 2.16. The smallest absolute Gasteiger partial charge is 0.234 e. The monoisotopic (exact) mass is 340 g/mol. The Bertz CT molecular complexity index is 741. The van der Waals surface area contributed by atoms with E-state index in [1.807, 2.05) is 0 Å². The Kier molecular flexibility index (Phi) is 3.94. The Morgan fingerprint density at radius 1 is 1.23 bits per heavy atom. The molecular formula is C15H17FN2O2S2. The minimum absolute atomic E-state index is 0.192. The number of halogens is 1. The summed E-state index contributed by atoms with van der Waals surface area (Å²) in [4.78, 5) is 0. The van der Waals surface area contributed by atoms with Gasteiger partial charge in [0.2, 0.25) is 10.0 Å². The molecule has 0 amide bonds. The molecule has 1 aromatic carbocycles. The number of thiocarbonyl (C=S) groups is 1. The maximum atomic E-state index is 13.2. The van der Waals surface area contributed by atoms with E-state index in [1.54, 1.807) is 12.1 Å². The van der Waals surface area contributed by atoms with Gasteiger partial charge in [-0.3, -0.25) is 0 Å². The minimum Gasteiger partial charge on any atom is -0.335 e. The maximum absolute atomic E-state index is 13.2. The number of benzene rings is 1. The fraction of sp³-hybridized carbons (Fsp3) is 0.400. The highest BCUT2D eigenvalue weighted by atomic mass is 32.2. The van der Waals surface area contributed by atoms with Crippen LogP contribution in [0.4, 0.5) is 4.39 Å². The quantitative estimate of drug-likeness (QED) is 0.841. The van der Waals surface area contributed by atoms with Crippen LogP contribution in [0.1, 0.15) is 37.3 Å². The van der Waals surface area contributed by atoms with Crippen molar-refractivity contribution < 1.29 is 12.8 Å². The largest absolute Gasteiger partial charge is 0.335 e. The average Bonchev–Trinajstić information content (AvgIpc) is 2.45. The summed E-state index contributed by atoms with van der Waals surface area (Å²) in [7, 11) is -3.53. The highest BCUT2D eigenvalue weighted by Crippen LogP contribution is 2.41. The first-order chi connectivity index (χ1) is 10.4. The zero-order valence-corrected chi connectivity index (χ0v) is 13.8. The topological polar surface area (TPSA) is 49.4 Å². The van der Waals surface area contributed by atoms with Crippen molar-refractivity contribution in [1.29, 1.82) is 0 Å². The third-order valence-electron chi connectivity index (χ3n) is 4.08. The van der Waals surface area contributed by atoms with Crippen LogP contribution in [0.5, 0.6) is 0 Å². The van der Waals surface area contributed by atoms with Gasteiger partial charge in [-0.1, -0.05) is 12.1 Å². The zero-order valence-electron chi connectivity index (χ0n) is 12.2. The summed E-state index contributed by atoms with van der Waals surface area (Å²) >= 11 is 5.27. The van der Waals surface area contributed by atoms with Crippen molar-refractivity contribution in [2.24, 2.45) is 0 Å². The molecule has 0 fully saturated rings. The Morgan fingerprint density at radius 3 is 2.50 bits per heavy atom. The van der Waals surface area contributed by atoms with Crippen molar-refractivity contribution in [3.8, 4) is 0 Å². The standard InChI is InChI=1S/C15H17FN2O2S2/c1-22(19,20)18-14(10-6-8-11(16)9-7-10)12-4-2-3-5-13(12)17-15(18)21/h6-9,14H,2-5H2,1H3,(H,17,21). The van der Waals surface area contributed by atoms with Crippen LogP contribution in [-0.4, -0.2) is 24.1 Å². The molecule has 1 heterocycles. The van der Waals surface area contributed by atoms with Crippen molar-refractivity contribution in [2.45, 2.75) is 31.7 Å². The first kappa shape index (κ1) is 15.4. The van der Waals surface area contributed by atoms with Gasteiger partial charge in [0, 0.05) is 5.70 Å². The maximum Gasteiger partial charge on any atom is 0.234 e. The van der Waals surface area contributed by atoms with Crippen molar-refractivity contribution in [3.05, 3.63) is 46.9 Å². The van der Waals surface area contributed by atoms with Gasteiger partial charge in [-0.15, -0.1) is 0 Å². The van der Waals surface area contributed by atoms with Crippen LogP contribution in [0, 0.1) is 5.82 Å². The molecule has 0 saturated carbocycles. The average molecular weight is 340 g/mol. The second-order valence-corrected chi connectivity index (χ2v) is 7.90. The van der Waals surface area contributed by atoms with Gasteiger partial charge >= 0.3 is 0 Å². The first-order valence-electron chi connectivity index (χ1n) is 7.15. The molecule has 118 valence electrons. The second-order valence-electron chi connectivity index (χ2n) is 5.65. The molecule has 1 aromatic rings. The number of allylic oxidation sites excluding steroid dienone is 1. The number of nitrogens with one attached hydrogen (secondary N) is 1. The minimum atomic E-state index is -3.53. The summed E-state index contributed by atoms with van der Waals surface area (Å²) in [5.74, 6) is -0.344. The van der Waals surface area contributed by atoms with Gasteiger partial charge in [0.25, 0.3) is 0 Å². The van der Waals surface area contributed by atoms with E-state index < -0.39 is 16.1 Å². The van der Waals surface area contributed by atoms with Crippen molar-refractivity contribution in [1.82, 2.24) is 9.62 Å². The molecule has 0 bridgehead atoms. The van der Waals surface area contributed by atoms with Crippen LogP contribution in [0.25, 0.3) is 0 Å². The predicted molar refractivity (Wildman–Crippen MR) is 87.1 cm³/mol. The summed E-state index contributed by atoms with van der Waals surface area (Å²) in [6.45, 7) is 0. The fourth-order valence-electron chi connectivity index (χ4n) is 3.14. The van der Waals surface area contributed by atoms with Crippen LogP contribution in [0.2, 0.25) is 0 Å². The van der Waals surface area contributed by atoms with Gasteiger partial charge in [-0.25, -0.2) is 17.1 Å². The number of rotatable bonds is 2. The van der Waals surface area contributed by atoms with E-state index in [1.165, 1.54) is 16.4 Å². The lowest BCUT2D eigenvalue weighted by Crippen LogP contribution is -2.50. The summed E-state index contributed by atoms with van der Waals surface area (Å²) in [6, 6.07) is 5.49. The van der Waals surface area contributed by atoms with Crippen LogP contribution >= 0.6 is 12.2 Å². The Morgan fingerprint density at radius 2 is 1.86 bits per heavy atom. The predicted octanol–water partition coefficient (Wildman–Crippen LogP) is 2.84. The molecule has 2 aliphatic rings. The number of hydrogen-bond donors (Lipinski definition) is 1. The van der Waals surface area contributed by atoms with E-state index >= 15 is 0 Å². The molecule has 0 saturated heterocycles. The number of sulfonamides is 1. The molecule has 1 N–H and O–H groups in total. The van der Waals surface area contributed by atoms with Crippen molar-refractivity contribution in [2.75, 3.05) is 6.26 Å². The lowest BCUT2D eigenvalue weighted by molar-refractivity contribution is 0.430. The SMILES string of the molecule is CS(=O)(=O)N1C(=S)NC2=C(CCCC2)C1c1ccc(F)cc1. The van der Waals surface area contributed by atoms with Crippen LogP contribution < -0.4 is 5.32 Å². The summed E-state index contributed by atoms with van der Waals surface area (Å²) < 4.78 is 38.9. The van der Waals surface area contributed by atoms with E-state index in [-0.39, 0.29) is 10.9 Å². The number of nitrogens with zero attached hydrogens (tertiary/aromatic N) is 1. The molecule has 3 rings (SSSR count). The summed E-state index contributed by atoms with van der Waals surface area (Å²) in [6.07, 6.45) is 4.90. The van der Waals surface area contributed by atoms with Crippen LogP contribution in [-0.2, 0) is 10.0 Å². The van der Waals surface area contributed by atoms with Crippen molar-refractivity contribution in [3.63, 3.8) is 0 Å². The lowest BCUT2D eigenvalue weighted by Gasteiger charge is -2.41. The van der Waals surface area contributed by atoms with E-state index in [0.29, 0.717) is 0 Å².